The molecule has 0 aromatic carbocycles. The van der Waals surface area contributed by atoms with E-state index in [-0.39, 0.29) is 5.56 Å². The molecule has 1 amide bonds. The topological polar surface area (TPSA) is 59.2 Å². The maximum absolute atomic E-state index is 12.8. The third-order valence-electron chi connectivity index (χ3n) is 3.35. The molecule has 1 aliphatic heterocycles. The number of nitrogen functional groups attached to an aromatic ring is 1. The van der Waals surface area contributed by atoms with Crippen molar-refractivity contribution in [2.75, 3.05) is 24.6 Å². The molecule has 1 aromatic rings. The number of carbonyl (C=O) groups excluding carboxylic acids is 1. The normalized spacial score (nSPS) is 20.2. The summed E-state index contributed by atoms with van der Waals surface area (Å²) in [5.41, 5.74) is 3.58. The van der Waals surface area contributed by atoms with Gasteiger partial charge in [0.1, 0.15) is 0 Å². The number of hydrogen-bond donors (Lipinski definition) is 1. The van der Waals surface area contributed by atoms with Gasteiger partial charge in [-0.05, 0) is 12.5 Å². The number of thioether (sulfide) groups is 1. The van der Waals surface area contributed by atoms with Gasteiger partial charge in [-0.3, -0.25) is 4.79 Å². The molecule has 2 N–H and O–H groups in total. The Bertz CT molecular complexity index is 536. The van der Waals surface area contributed by atoms with Gasteiger partial charge in [-0.2, -0.15) is 24.9 Å². The standard InChI is InChI=1S/C13H16F3N3OS/c1-8-3-5-19(6-7-21-8)12(20)9-2-4-18-11(10(9)17)13(14,15)16/h2,4,8H,3,5-7,17H2,1H3. The van der Waals surface area contributed by atoms with Crippen molar-refractivity contribution < 1.29 is 18.0 Å². The van der Waals surface area contributed by atoms with E-state index < -0.39 is 23.5 Å². The van der Waals surface area contributed by atoms with Crippen molar-refractivity contribution in [1.82, 2.24) is 9.88 Å². The summed E-state index contributed by atoms with van der Waals surface area (Å²) in [4.78, 5) is 17.2. The Labute approximate surface area is 124 Å². The summed E-state index contributed by atoms with van der Waals surface area (Å²) in [5.74, 6) is 0.305. The van der Waals surface area contributed by atoms with Gasteiger partial charge >= 0.3 is 6.18 Å². The molecule has 4 nitrogen and oxygen atoms in total. The van der Waals surface area contributed by atoms with E-state index in [4.69, 9.17) is 5.73 Å². The molecule has 1 fully saturated rings. The molecule has 1 atom stereocenters. The molecule has 2 heterocycles. The largest absolute Gasteiger partial charge is 0.435 e. The number of aromatic nitrogens is 1. The second-order valence-corrected chi connectivity index (χ2v) is 6.43. The SMILES string of the molecule is CC1CCN(C(=O)c2ccnc(C(F)(F)F)c2N)CCS1. The minimum Gasteiger partial charge on any atom is -0.396 e. The van der Waals surface area contributed by atoms with Crippen molar-refractivity contribution in [3.05, 3.63) is 23.5 Å². The monoisotopic (exact) mass is 319 g/mol. The number of alkyl halides is 3. The zero-order valence-electron chi connectivity index (χ0n) is 11.5. The fourth-order valence-corrected chi connectivity index (χ4v) is 3.16. The minimum absolute atomic E-state index is 0.128. The van der Waals surface area contributed by atoms with E-state index in [1.54, 1.807) is 16.7 Å². The molecule has 1 unspecified atom stereocenters. The number of anilines is 1. The van der Waals surface area contributed by atoms with Crippen molar-refractivity contribution in [2.24, 2.45) is 0 Å². The maximum Gasteiger partial charge on any atom is 0.435 e. The minimum atomic E-state index is -4.66. The smallest absolute Gasteiger partial charge is 0.396 e. The van der Waals surface area contributed by atoms with Crippen molar-refractivity contribution in [3.8, 4) is 0 Å². The van der Waals surface area contributed by atoms with Crippen LogP contribution in [-0.2, 0) is 6.18 Å². The molecule has 2 rings (SSSR count). The average molecular weight is 319 g/mol. The van der Waals surface area contributed by atoms with Crippen LogP contribution in [0.1, 0.15) is 29.4 Å². The van der Waals surface area contributed by atoms with Crippen molar-refractivity contribution in [3.63, 3.8) is 0 Å². The Balaban J connectivity index is 2.27. The number of hydrogen-bond acceptors (Lipinski definition) is 4. The summed E-state index contributed by atoms with van der Waals surface area (Å²) >= 11 is 1.75. The van der Waals surface area contributed by atoms with Crippen molar-refractivity contribution in [1.29, 1.82) is 0 Å². The van der Waals surface area contributed by atoms with Gasteiger partial charge in [0.25, 0.3) is 5.91 Å². The molecule has 1 aromatic heterocycles. The first-order valence-corrected chi connectivity index (χ1v) is 7.58. The van der Waals surface area contributed by atoms with E-state index in [1.165, 1.54) is 6.07 Å². The van der Waals surface area contributed by atoms with Gasteiger partial charge in [0, 0.05) is 30.3 Å². The third kappa shape index (κ3) is 3.61. The van der Waals surface area contributed by atoms with Crippen LogP contribution < -0.4 is 5.73 Å². The van der Waals surface area contributed by atoms with Gasteiger partial charge in [0.05, 0.1) is 11.3 Å². The summed E-state index contributed by atoms with van der Waals surface area (Å²) in [7, 11) is 0. The highest BCUT2D eigenvalue weighted by atomic mass is 32.2. The number of carbonyl (C=O) groups is 1. The number of pyridine rings is 1. The van der Waals surface area contributed by atoms with Gasteiger partial charge in [-0.1, -0.05) is 6.92 Å². The highest BCUT2D eigenvalue weighted by Crippen LogP contribution is 2.33. The predicted octanol–water partition coefficient (Wildman–Crippen LogP) is 2.65. The number of amides is 1. The van der Waals surface area contributed by atoms with Crippen LogP contribution in [0.15, 0.2) is 12.3 Å². The number of rotatable bonds is 1. The lowest BCUT2D eigenvalue weighted by Gasteiger charge is -2.21. The van der Waals surface area contributed by atoms with E-state index in [2.05, 4.69) is 11.9 Å². The summed E-state index contributed by atoms with van der Waals surface area (Å²) in [6, 6.07) is 1.24. The van der Waals surface area contributed by atoms with Gasteiger partial charge in [-0.15, -0.1) is 0 Å². The number of nitrogens with zero attached hydrogens (tertiary/aromatic N) is 2. The summed E-state index contributed by atoms with van der Waals surface area (Å²) in [6.07, 6.45) is -2.88. The fourth-order valence-electron chi connectivity index (χ4n) is 2.16. The summed E-state index contributed by atoms with van der Waals surface area (Å²) < 4.78 is 38.3. The second kappa shape index (κ2) is 6.13. The summed E-state index contributed by atoms with van der Waals surface area (Å²) in [5, 5.41) is 0.434. The third-order valence-corrected chi connectivity index (χ3v) is 4.57. The highest BCUT2D eigenvalue weighted by molar-refractivity contribution is 7.99. The number of nitrogens with two attached hydrogens (primary N) is 1. The molecular formula is C13H16F3N3OS. The molecule has 0 aliphatic carbocycles. The van der Waals surface area contributed by atoms with Gasteiger partial charge in [0.15, 0.2) is 5.69 Å². The highest BCUT2D eigenvalue weighted by Gasteiger charge is 2.37. The first-order chi connectivity index (χ1) is 9.80. The van der Waals surface area contributed by atoms with E-state index in [9.17, 15) is 18.0 Å². The van der Waals surface area contributed by atoms with Crippen molar-refractivity contribution in [2.45, 2.75) is 24.8 Å². The van der Waals surface area contributed by atoms with E-state index in [1.807, 2.05) is 0 Å². The van der Waals surface area contributed by atoms with Crippen LogP contribution in [0.4, 0.5) is 18.9 Å². The van der Waals surface area contributed by atoms with E-state index in [0.717, 1.165) is 18.4 Å². The Morgan fingerprint density at radius 1 is 1.48 bits per heavy atom. The molecule has 8 heteroatoms. The van der Waals surface area contributed by atoms with Gasteiger partial charge < -0.3 is 10.6 Å². The van der Waals surface area contributed by atoms with E-state index in [0.29, 0.717) is 18.3 Å². The number of halogens is 3. The molecule has 0 saturated carbocycles. The Morgan fingerprint density at radius 3 is 2.86 bits per heavy atom. The zero-order chi connectivity index (χ0) is 15.6. The molecule has 0 spiro atoms. The van der Waals surface area contributed by atoms with Crippen LogP contribution in [0.3, 0.4) is 0 Å². The van der Waals surface area contributed by atoms with Crippen LogP contribution >= 0.6 is 11.8 Å². The second-order valence-electron chi connectivity index (χ2n) is 4.88. The maximum atomic E-state index is 12.8. The Hall–Kier alpha value is -1.44. The average Bonchev–Trinajstić information content (AvgIpc) is 2.62. The molecule has 21 heavy (non-hydrogen) atoms. The zero-order valence-corrected chi connectivity index (χ0v) is 12.3. The molecular weight excluding hydrogens is 303 g/mol. The van der Waals surface area contributed by atoms with Crippen LogP contribution in [0.2, 0.25) is 0 Å². The lowest BCUT2D eigenvalue weighted by molar-refractivity contribution is -0.140. The molecule has 0 radical (unpaired) electrons. The van der Waals surface area contributed by atoms with Crippen LogP contribution in [-0.4, -0.2) is 39.9 Å². The fraction of sp³-hybridized carbons (Fsp3) is 0.538. The van der Waals surface area contributed by atoms with Crippen LogP contribution in [0.25, 0.3) is 0 Å². The lowest BCUT2D eigenvalue weighted by atomic mass is 10.1. The van der Waals surface area contributed by atoms with Crippen LogP contribution in [0, 0.1) is 0 Å². The van der Waals surface area contributed by atoms with Crippen LogP contribution in [0.5, 0.6) is 0 Å². The van der Waals surface area contributed by atoms with Gasteiger partial charge in [-0.25, -0.2) is 4.98 Å². The first kappa shape index (κ1) is 15.9. The Kier molecular flexibility index (Phi) is 4.65. The summed E-state index contributed by atoms with van der Waals surface area (Å²) in [6.45, 7) is 3.11. The molecule has 0 bridgehead atoms. The first-order valence-electron chi connectivity index (χ1n) is 6.53. The van der Waals surface area contributed by atoms with E-state index >= 15 is 0 Å². The lowest BCUT2D eigenvalue weighted by Crippen LogP contribution is -2.34. The Morgan fingerprint density at radius 2 is 2.19 bits per heavy atom. The molecule has 1 aliphatic rings. The van der Waals surface area contributed by atoms with Crippen molar-refractivity contribution >= 4 is 23.4 Å². The molecule has 116 valence electrons. The van der Waals surface area contributed by atoms with Gasteiger partial charge in [0.2, 0.25) is 0 Å². The predicted molar refractivity (Wildman–Crippen MR) is 76.1 cm³/mol. The quantitative estimate of drug-likeness (QED) is 0.864. The molecule has 1 saturated heterocycles.